The molecular formula is C12H16FNO2. The molecule has 0 aliphatic rings. The van der Waals surface area contributed by atoms with Crippen LogP contribution in [-0.4, -0.2) is 17.6 Å². The van der Waals surface area contributed by atoms with E-state index in [0.29, 0.717) is 6.61 Å². The first-order valence-electron chi connectivity index (χ1n) is 5.53. The fraction of sp³-hybridized carbons (Fsp3) is 0.500. The second kappa shape index (κ2) is 6.93. The maximum atomic E-state index is 13.1. The molecule has 0 unspecified atom stereocenters. The van der Waals surface area contributed by atoms with E-state index in [1.807, 2.05) is 0 Å². The van der Waals surface area contributed by atoms with Gasteiger partial charge in [-0.25, -0.2) is 9.78 Å². The summed E-state index contributed by atoms with van der Waals surface area (Å²) in [6, 6.07) is 2.88. The zero-order chi connectivity index (χ0) is 11.8. The Bertz CT molecular complexity index is 342. The number of hydrogen-bond acceptors (Lipinski definition) is 3. The molecule has 0 aromatic carbocycles. The summed E-state index contributed by atoms with van der Waals surface area (Å²) in [7, 11) is 0. The topological polar surface area (TPSA) is 39.2 Å². The molecule has 0 radical (unpaired) electrons. The zero-order valence-corrected chi connectivity index (χ0v) is 9.41. The molecule has 0 atom stereocenters. The van der Waals surface area contributed by atoms with Crippen molar-refractivity contribution in [2.24, 2.45) is 0 Å². The highest BCUT2D eigenvalue weighted by atomic mass is 19.1. The number of nitrogens with zero attached hydrogens (tertiary/aromatic N) is 1. The average molecular weight is 225 g/mol. The van der Waals surface area contributed by atoms with Gasteiger partial charge in [-0.15, -0.1) is 0 Å². The van der Waals surface area contributed by atoms with Gasteiger partial charge < -0.3 is 4.74 Å². The largest absolute Gasteiger partial charge is 0.462 e. The van der Waals surface area contributed by atoms with Crippen LogP contribution in [0.25, 0.3) is 0 Å². The lowest BCUT2D eigenvalue weighted by Gasteiger charge is -2.04. The van der Waals surface area contributed by atoms with Crippen molar-refractivity contribution in [3.63, 3.8) is 0 Å². The lowest BCUT2D eigenvalue weighted by molar-refractivity contribution is 0.0491. The van der Waals surface area contributed by atoms with E-state index in [1.54, 1.807) is 0 Å². The van der Waals surface area contributed by atoms with Crippen LogP contribution in [0.15, 0.2) is 18.3 Å². The second-order valence-electron chi connectivity index (χ2n) is 3.54. The molecule has 1 rings (SSSR count). The summed E-state index contributed by atoms with van der Waals surface area (Å²) in [5.41, 5.74) is -0.0991. The van der Waals surface area contributed by atoms with Crippen LogP contribution in [0, 0.1) is 5.95 Å². The Morgan fingerprint density at radius 3 is 2.94 bits per heavy atom. The van der Waals surface area contributed by atoms with E-state index in [-0.39, 0.29) is 5.56 Å². The Hall–Kier alpha value is -1.45. The first-order chi connectivity index (χ1) is 7.75. The number of hydrogen-bond donors (Lipinski definition) is 0. The summed E-state index contributed by atoms with van der Waals surface area (Å²) < 4.78 is 18.0. The molecule has 0 amide bonds. The number of aromatic nitrogens is 1. The number of halogens is 1. The van der Waals surface area contributed by atoms with E-state index >= 15 is 0 Å². The third-order valence-electron chi connectivity index (χ3n) is 2.21. The number of ether oxygens (including phenoxy) is 1. The highest BCUT2D eigenvalue weighted by molar-refractivity contribution is 5.89. The molecule has 0 bridgehead atoms. The summed E-state index contributed by atoms with van der Waals surface area (Å²) in [5, 5.41) is 0. The van der Waals surface area contributed by atoms with Crippen LogP contribution in [0.2, 0.25) is 0 Å². The van der Waals surface area contributed by atoms with Gasteiger partial charge in [-0.3, -0.25) is 0 Å². The molecule has 0 spiro atoms. The van der Waals surface area contributed by atoms with E-state index in [1.165, 1.54) is 18.3 Å². The van der Waals surface area contributed by atoms with Crippen molar-refractivity contribution < 1.29 is 13.9 Å². The zero-order valence-electron chi connectivity index (χ0n) is 9.41. The van der Waals surface area contributed by atoms with Gasteiger partial charge in [-0.1, -0.05) is 26.2 Å². The van der Waals surface area contributed by atoms with Gasteiger partial charge in [0.2, 0.25) is 5.95 Å². The lowest BCUT2D eigenvalue weighted by Crippen LogP contribution is -2.09. The number of carbonyl (C=O) groups is 1. The van der Waals surface area contributed by atoms with Crippen molar-refractivity contribution in [2.75, 3.05) is 6.61 Å². The van der Waals surface area contributed by atoms with E-state index < -0.39 is 11.9 Å². The third-order valence-corrected chi connectivity index (χ3v) is 2.21. The predicted molar refractivity (Wildman–Crippen MR) is 58.6 cm³/mol. The van der Waals surface area contributed by atoms with Crippen molar-refractivity contribution in [2.45, 2.75) is 32.6 Å². The van der Waals surface area contributed by atoms with Gasteiger partial charge in [-0.05, 0) is 18.6 Å². The number of pyridine rings is 1. The SMILES string of the molecule is CCCCCCOC(=O)c1cccnc1F. The molecule has 1 heterocycles. The maximum absolute atomic E-state index is 13.1. The molecule has 0 saturated heterocycles. The minimum atomic E-state index is -0.777. The summed E-state index contributed by atoms with van der Waals surface area (Å²) in [6.07, 6.45) is 5.40. The molecule has 4 heteroatoms. The van der Waals surface area contributed by atoms with Gasteiger partial charge >= 0.3 is 5.97 Å². The summed E-state index contributed by atoms with van der Waals surface area (Å²) in [5.74, 6) is -1.41. The van der Waals surface area contributed by atoms with E-state index in [2.05, 4.69) is 11.9 Å². The number of unbranched alkanes of at least 4 members (excludes halogenated alkanes) is 3. The van der Waals surface area contributed by atoms with Crippen LogP contribution < -0.4 is 0 Å². The molecule has 0 saturated carbocycles. The molecule has 0 N–H and O–H groups in total. The normalized spacial score (nSPS) is 10.1. The first kappa shape index (κ1) is 12.6. The molecular weight excluding hydrogens is 209 g/mol. The van der Waals surface area contributed by atoms with Gasteiger partial charge in [0, 0.05) is 6.20 Å². The van der Waals surface area contributed by atoms with Crippen molar-refractivity contribution in [1.29, 1.82) is 0 Å². The van der Waals surface area contributed by atoms with Crippen LogP contribution in [0.4, 0.5) is 4.39 Å². The third kappa shape index (κ3) is 3.96. The molecule has 1 aromatic heterocycles. The Morgan fingerprint density at radius 1 is 1.44 bits per heavy atom. The van der Waals surface area contributed by atoms with Gasteiger partial charge in [0.15, 0.2) is 0 Å². The fourth-order valence-corrected chi connectivity index (χ4v) is 1.31. The molecule has 0 fully saturated rings. The predicted octanol–water partition coefficient (Wildman–Crippen LogP) is 2.96. The molecule has 16 heavy (non-hydrogen) atoms. The molecule has 0 aliphatic heterocycles. The summed E-state index contributed by atoms with van der Waals surface area (Å²) >= 11 is 0. The van der Waals surface area contributed by atoms with Gasteiger partial charge in [0.1, 0.15) is 5.56 Å². The maximum Gasteiger partial charge on any atom is 0.342 e. The Labute approximate surface area is 94.6 Å². The second-order valence-corrected chi connectivity index (χ2v) is 3.54. The Kier molecular flexibility index (Phi) is 5.46. The Morgan fingerprint density at radius 2 is 2.25 bits per heavy atom. The summed E-state index contributed by atoms with van der Waals surface area (Å²) in [4.78, 5) is 14.8. The van der Waals surface area contributed by atoms with E-state index in [0.717, 1.165) is 25.7 Å². The van der Waals surface area contributed by atoms with Crippen LogP contribution in [0.1, 0.15) is 43.0 Å². The molecule has 1 aromatic rings. The lowest BCUT2D eigenvalue weighted by atomic mass is 10.2. The quantitative estimate of drug-likeness (QED) is 0.424. The highest BCUT2D eigenvalue weighted by Gasteiger charge is 2.12. The minimum absolute atomic E-state index is 0.0991. The van der Waals surface area contributed by atoms with Crippen molar-refractivity contribution >= 4 is 5.97 Å². The van der Waals surface area contributed by atoms with Crippen molar-refractivity contribution in [1.82, 2.24) is 4.98 Å². The smallest absolute Gasteiger partial charge is 0.342 e. The standard InChI is InChI=1S/C12H16FNO2/c1-2-3-4-5-9-16-12(15)10-7-6-8-14-11(10)13/h6-8H,2-5,9H2,1H3. The molecule has 3 nitrogen and oxygen atoms in total. The number of esters is 1. The van der Waals surface area contributed by atoms with Crippen molar-refractivity contribution in [3.05, 3.63) is 29.8 Å². The van der Waals surface area contributed by atoms with Crippen molar-refractivity contribution in [3.8, 4) is 0 Å². The van der Waals surface area contributed by atoms with Crippen LogP contribution in [-0.2, 0) is 4.74 Å². The highest BCUT2D eigenvalue weighted by Crippen LogP contribution is 2.06. The monoisotopic (exact) mass is 225 g/mol. The fourth-order valence-electron chi connectivity index (χ4n) is 1.31. The number of rotatable bonds is 6. The van der Waals surface area contributed by atoms with Crippen LogP contribution in [0.3, 0.4) is 0 Å². The minimum Gasteiger partial charge on any atom is -0.462 e. The van der Waals surface area contributed by atoms with Crippen LogP contribution >= 0.6 is 0 Å². The average Bonchev–Trinajstić information content (AvgIpc) is 2.29. The van der Waals surface area contributed by atoms with Crippen LogP contribution in [0.5, 0.6) is 0 Å². The van der Waals surface area contributed by atoms with Gasteiger partial charge in [0.05, 0.1) is 6.61 Å². The number of carbonyl (C=O) groups excluding carboxylic acids is 1. The van der Waals surface area contributed by atoms with Gasteiger partial charge in [0.25, 0.3) is 0 Å². The van der Waals surface area contributed by atoms with E-state index in [9.17, 15) is 9.18 Å². The summed E-state index contributed by atoms with van der Waals surface area (Å²) in [6.45, 7) is 2.45. The van der Waals surface area contributed by atoms with E-state index in [4.69, 9.17) is 4.74 Å². The molecule has 0 aliphatic carbocycles. The molecule has 88 valence electrons. The first-order valence-corrected chi connectivity index (χ1v) is 5.53. The Balaban J connectivity index is 2.33. The van der Waals surface area contributed by atoms with Gasteiger partial charge in [-0.2, -0.15) is 4.39 Å².